The Balaban J connectivity index is 2.39. The lowest BCUT2D eigenvalue weighted by Crippen LogP contribution is -2.51. The van der Waals surface area contributed by atoms with Crippen molar-refractivity contribution in [3.8, 4) is 11.8 Å². The number of rotatable bonds is 2. The van der Waals surface area contributed by atoms with E-state index in [9.17, 15) is 9.90 Å². The number of carbonyl (C=O) groups is 1. The molecule has 4 heteroatoms. The van der Waals surface area contributed by atoms with Crippen molar-refractivity contribution in [3.63, 3.8) is 0 Å². The van der Waals surface area contributed by atoms with Crippen LogP contribution in [0.3, 0.4) is 0 Å². The first-order valence-corrected chi connectivity index (χ1v) is 5.59. The molecule has 1 saturated heterocycles. The molecule has 16 heavy (non-hydrogen) atoms. The standard InChI is InChI=1S/C12H20N2O2/c1-4-5-11(15)14-8-6-13(7-9-14)10-12(2,3)16/h16H,6-10H2,1-3H3. The molecular formula is C12H20N2O2. The van der Waals surface area contributed by atoms with Crippen molar-refractivity contribution >= 4 is 5.91 Å². The van der Waals surface area contributed by atoms with Crippen molar-refractivity contribution in [2.24, 2.45) is 0 Å². The molecule has 0 radical (unpaired) electrons. The van der Waals surface area contributed by atoms with Gasteiger partial charge in [-0.3, -0.25) is 9.69 Å². The molecule has 0 bridgehead atoms. The van der Waals surface area contributed by atoms with Gasteiger partial charge in [0.2, 0.25) is 0 Å². The molecule has 0 aromatic carbocycles. The fraction of sp³-hybridized carbons (Fsp3) is 0.750. The topological polar surface area (TPSA) is 43.8 Å². The fourth-order valence-electron chi connectivity index (χ4n) is 1.84. The number of hydrogen-bond donors (Lipinski definition) is 1. The zero-order chi connectivity index (χ0) is 12.2. The van der Waals surface area contributed by atoms with E-state index in [1.54, 1.807) is 25.7 Å². The van der Waals surface area contributed by atoms with Crippen LogP contribution in [-0.2, 0) is 4.79 Å². The quantitative estimate of drug-likeness (QED) is 0.668. The lowest BCUT2D eigenvalue weighted by molar-refractivity contribution is -0.127. The van der Waals surface area contributed by atoms with Crippen LogP contribution in [0.1, 0.15) is 20.8 Å². The van der Waals surface area contributed by atoms with Gasteiger partial charge in [-0.05, 0) is 26.7 Å². The normalized spacial score (nSPS) is 17.9. The minimum atomic E-state index is -0.671. The van der Waals surface area contributed by atoms with Gasteiger partial charge in [0, 0.05) is 32.7 Å². The predicted octanol–water partition coefficient (Wildman–Crippen LogP) is -0.0752. The molecule has 1 fully saturated rings. The van der Waals surface area contributed by atoms with Crippen LogP contribution in [0.2, 0.25) is 0 Å². The summed E-state index contributed by atoms with van der Waals surface area (Å²) < 4.78 is 0. The third kappa shape index (κ3) is 4.21. The molecule has 1 heterocycles. The molecule has 0 spiro atoms. The van der Waals surface area contributed by atoms with Gasteiger partial charge in [-0.25, -0.2) is 0 Å². The van der Waals surface area contributed by atoms with E-state index in [2.05, 4.69) is 16.7 Å². The molecule has 0 unspecified atom stereocenters. The molecule has 0 saturated carbocycles. The van der Waals surface area contributed by atoms with Gasteiger partial charge in [0.15, 0.2) is 0 Å². The maximum absolute atomic E-state index is 11.5. The van der Waals surface area contributed by atoms with Crippen LogP contribution >= 0.6 is 0 Å². The number of hydrogen-bond acceptors (Lipinski definition) is 3. The van der Waals surface area contributed by atoms with E-state index in [-0.39, 0.29) is 5.91 Å². The van der Waals surface area contributed by atoms with Crippen LogP contribution in [-0.4, -0.2) is 59.1 Å². The van der Waals surface area contributed by atoms with Gasteiger partial charge >= 0.3 is 0 Å². The highest BCUT2D eigenvalue weighted by atomic mass is 16.3. The molecule has 90 valence electrons. The minimum Gasteiger partial charge on any atom is -0.389 e. The van der Waals surface area contributed by atoms with Crippen LogP contribution in [0.5, 0.6) is 0 Å². The second kappa shape index (κ2) is 5.33. The largest absolute Gasteiger partial charge is 0.389 e. The van der Waals surface area contributed by atoms with E-state index >= 15 is 0 Å². The lowest BCUT2D eigenvalue weighted by atomic mass is 10.1. The summed E-state index contributed by atoms with van der Waals surface area (Å²) >= 11 is 0. The van der Waals surface area contributed by atoms with Crippen LogP contribution < -0.4 is 0 Å². The Morgan fingerprint density at radius 1 is 1.31 bits per heavy atom. The summed E-state index contributed by atoms with van der Waals surface area (Å²) in [6.07, 6.45) is 0. The molecule has 0 aromatic heterocycles. The first-order chi connectivity index (χ1) is 7.42. The van der Waals surface area contributed by atoms with Crippen LogP contribution in [0.25, 0.3) is 0 Å². The molecule has 1 aliphatic rings. The summed E-state index contributed by atoms with van der Waals surface area (Å²) in [5.41, 5.74) is -0.671. The number of nitrogens with zero attached hydrogens (tertiary/aromatic N) is 2. The van der Waals surface area contributed by atoms with E-state index in [4.69, 9.17) is 0 Å². The van der Waals surface area contributed by atoms with Crippen molar-refractivity contribution in [1.82, 2.24) is 9.80 Å². The maximum Gasteiger partial charge on any atom is 0.298 e. The lowest BCUT2D eigenvalue weighted by Gasteiger charge is -2.36. The summed E-state index contributed by atoms with van der Waals surface area (Å²) in [5.74, 6) is 5.07. The summed E-state index contributed by atoms with van der Waals surface area (Å²) in [4.78, 5) is 15.4. The fourth-order valence-corrected chi connectivity index (χ4v) is 1.84. The Hall–Kier alpha value is -1.05. The van der Waals surface area contributed by atoms with Crippen molar-refractivity contribution < 1.29 is 9.90 Å². The van der Waals surface area contributed by atoms with Crippen LogP contribution in [0, 0.1) is 11.8 Å². The van der Waals surface area contributed by atoms with E-state index in [1.165, 1.54) is 0 Å². The zero-order valence-corrected chi connectivity index (χ0v) is 10.3. The number of aliphatic hydroxyl groups is 1. The molecule has 1 aliphatic heterocycles. The van der Waals surface area contributed by atoms with Gasteiger partial charge in [-0.2, -0.15) is 0 Å². The second-order valence-corrected chi connectivity index (χ2v) is 4.76. The molecule has 0 atom stereocenters. The maximum atomic E-state index is 11.5. The molecular weight excluding hydrogens is 204 g/mol. The number of carbonyl (C=O) groups excluding carboxylic acids is 1. The Kier molecular flexibility index (Phi) is 4.34. The predicted molar refractivity (Wildman–Crippen MR) is 62.8 cm³/mol. The van der Waals surface area contributed by atoms with Gasteiger partial charge < -0.3 is 10.0 Å². The van der Waals surface area contributed by atoms with E-state index in [0.29, 0.717) is 19.6 Å². The third-order valence-corrected chi connectivity index (χ3v) is 2.50. The molecule has 0 aromatic rings. The number of piperazine rings is 1. The SMILES string of the molecule is CC#CC(=O)N1CCN(CC(C)(C)O)CC1. The average Bonchev–Trinajstić information content (AvgIpc) is 2.16. The van der Waals surface area contributed by atoms with Gasteiger partial charge in [0.05, 0.1) is 5.60 Å². The number of β-amino-alcohol motifs (C(OH)–C–C–N with tert-alkyl or cyclic N) is 1. The summed E-state index contributed by atoms with van der Waals surface area (Å²) in [7, 11) is 0. The highest BCUT2D eigenvalue weighted by molar-refractivity contribution is 5.93. The molecule has 1 amide bonds. The minimum absolute atomic E-state index is 0.0922. The second-order valence-electron chi connectivity index (χ2n) is 4.76. The monoisotopic (exact) mass is 224 g/mol. The zero-order valence-electron chi connectivity index (χ0n) is 10.3. The average molecular weight is 224 g/mol. The van der Waals surface area contributed by atoms with Crippen LogP contribution in [0.15, 0.2) is 0 Å². The highest BCUT2D eigenvalue weighted by Crippen LogP contribution is 2.08. The Morgan fingerprint density at radius 3 is 2.31 bits per heavy atom. The molecule has 0 aliphatic carbocycles. The van der Waals surface area contributed by atoms with Crippen molar-refractivity contribution in [2.45, 2.75) is 26.4 Å². The first-order valence-electron chi connectivity index (χ1n) is 5.59. The molecule has 4 nitrogen and oxygen atoms in total. The summed E-state index contributed by atoms with van der Waals surface area (Å²) in [6, 6.07) is 0. The molecule has 1 N–H and O–H groups in total. The van der Waals surface area contributed by atoms with Crippen LogP contribution in [0.4, 0.5) is 0 Å². The van der Waals surface area contributed by atoms with Crippen molar-refractivity contribution in [2.75, 3.05) is 32.7 Å². The Morgan fingerprint density at radius 2 is 1.88 bits per heavy atom. The Labute approximate surface area is 97.2 Å². The van der Waals surface area contributed by atoms with Crippen molar-refractivity contribution in [3.05, 3.63) is 0 Å². The van der Waals surface area contributed by atoms with E-state index in [0.717, 1.165) is 13.1 Å². The molecule has 1 rings (SSSR count). The summed E-state index contributed by atoms with van der Waals surface area (Å²) in [6.45, 7) is 8.92. The third-order valence-electron chi connectivity index (χ3n) is 2.50. The van der Waals surface area contributed by atoms with Gasteiger partial charge in [-0.15, -0.1) is 0 Å². The number of amides is 1. The Bertz CT molecular complexity index is 301. The summed E-state index contributed by atoms with van der Waals surface area (Å²) in [5, 5.41) is 9.68. The highest BCUT2D eigenvalue weighted by Gasteiger charge is 2.24. The van der Waals surface area contributed by atoms with Gasteiger partial charge in [0.25, 0.3) is 5.91 Å². The van der Waals surface area contributed by atoms with E-state index in [1.807, 2.05) is 0 Å². The van der Waals surface area contributed by atoms with Gasteiger partial charge in [-0.1, -0.05) is 5.92 Å². The smallest absolute Gasteiger partial charge is 0.298 e. The first kappa shape index (κ1) is 13.0. The van der Waals surface area contributed by atoms with E-state index < -0.39 is 5.60 Å². The van der Waals surface area contributed by atoms with Gasteiger partial charge in [0.1, 0.15) is 0 Å². The van der Waals surface area contributed by atoms with Crippen molar-refractivity contribution in [1.29, 1.82) is 0 Å².